The summed E-state index contributed by atoms with van der Waals surface area (Å²) in [5.74, 6) is -1.57. The zero-order valence-corrected chi connectivity index (χ0v) is 34.3. The first kappa shape index (κ1) is 43.7. The summed E-state index contributed by atoms with van der Waals surface area (Å²) in [6.45, 7) is 21.6. The molecule has 0 spiro atoms. The molecule has 0 amide bonds. The van der Waals surface area contributed by atoms with Crippen LogP contribution < -0.4 is 10.4 Å². The van der Waals surface area contributed by atoms with E-state index in [1.807, 2.05) is 39.8 Å². The summed E-state index contributed by atoms with van der Waals surface area (Å²) in [5.41, 5.74) is -2.07. The maximum absolute atomic E-state index is 11.1. The first-order chi connectivity index (χ1) is 23.6. The molecule has 2 saturated heterocycles. The van der Waals surface area contributed by atoms with Crippen molar-refractivity contribution < 1.29 is 48.2 Å². The Labute approximate surface area is 307 Å². The molecule has 8 atom stereocenters. The predicted octanol–water partition coefficient (Wildman–Crippen LogP) is 4.93. The van der Waals surface area contributed by atoms with E-state index in [0.717, 1.165) is 0 Å². The Kier molecular flexibility index (Phi) is 14.7. The molecule has 0 radical (unpaired) electrons. The van der Waals surface area contributed by atoms with E-state index in [1.165, 1.54) is 17.5 Å². The SMILES string of the molecule is CC[C@](C)(O)C(OC)C1OC(C)(C)OC1CO.CC[C@](C)(O)C(OC)C1OC(C)(C)OC1CO[Si](c1ccccc1)(c1ccccc1)C(C)(C)C. The van der Waals surface area contributed by atoms with E-state index in [1.54, 1.807) is 34.8 Å². The first-order valence-corrected chi connectivity index (χ1v) is 20.1. The lowest BCUT2D eigenvalue weighted by Gasteiger charge is -2.44. The normalized spacial score (nSPS) is 26.7. The van der Waals surface area contributed by atoms with Gasteiger partial charge in [0, 0.05) is 14.2 Å². The van der Waals surface area contributed by atoms with Crippen LogP contribution in [0.5, 0.6) is 0 Å². The number of aliphatic hydroxyl groups excluding tert-OH is 1. The van der Waals surface area contributed by atoms with Crippen LogP contribution >= 0.6 is 0 Å². The first-order valence-electron chi connectivity index (χ1n) is 18.2. The standard InChI is InChI=1S/C28H42O5Si.C12H24O5/c1-9-28(7,29)25(30-8)24-23(32-27(5,6)33-24)20-31-34(26(2,3)4,21-16-12-10-13-17-21)22-18-14-11-15-19-22;1-6-12(4,14)10(15-5)9-8(7-13)16-11(2,3)17-9/h10-19,23-25,29H,9,20H2,1-8H3;8-10,13-14H,6-7H2,1-5H3/t23?,24?,25?,28-;8?,9?,10?,12-/m00/s1. The molecule has 290 valence electrons. The van der Waals surface area contributed by atoms with Crippen molar-refractivity contribution in [3.63, 3.8) is 0 Å². The van der Waals surface area contributed by atoms with Crippen LogP contribution in [0.15, 0.2) is 60.7 Å². The fourth-order valence-corrected chi connectivity index (χ4v) is 11.9. The van der Waals surface area contributed by atoms with Gasteiger partial charge in [0.05, 0.1) is 24.4 Å². The molecule has 4 rings (SSSR count). The van der Waals surface area contributed by atoms with E-state index in [0.29, 0.717) is 19.4 Å². The van der Waals surface area contributed by atoms with Crippen molar-refractivity contribution in [2.45, 2.75) is 153 Å². The van der Waals surface area contributed by atoms with Crippen molar-refractivity contribution in [2.75, 3.05) is 27.4 Å². The lowest BCUT2D eigenvalue weighted by atomic mass is 9.89. The Morgan fingerprint density at radius 3 is 1.37 bits per heavy atom. The maximum Gasteiger partial charge on any atom is 0.261 e. The van der Waals surface area contributed by atoms with Gasteiger partial charge in [-0.2, -0.15) is 0 Å². The van der Waals surface area contributed by atoms with Crippen molar-refractivity contribution >= 4 is 18.7 Å². The maximum atomic E-state index is 11.1. The lowest BCUT2D eigenvalue weighted by Crippen LogP contribution is -2.67. The quantitative estimate of drug-likeness (QED) is 0.230. The van der Waals surface area contributed by atoms with E-state index in [4.69, 9.17) is 32.8 Å². The van der Waals surface area contributed by atoms with Gasteiger partial charge in [0.15, 0.2) is 11.6 Å². The summed E-state index contributed by atoms with van der Waals surface area (Å²) in [4.78, 5) is 0. The summed E-state index contributed by atoms with van der Waals surface area (Å²) >= 11 is 0. The molecule has 2 aromatic rings. The van der Waals surface area contributed by atoms with Gasteiger partial charge in [-0.1, -0.05) is 95.3 Å². The highest BCUT2D eigenvalue weighted by Crippen LogP contribution is 2.40. The van der Waals surface area contributed by atoms with Crippen LogP contribution in [-0.2, 0) is 32.8 Å². The minimum Gasteiger partial charge on any atom is -0.405 e. The molecule has 0 bridgehead atoms. The summed E-state index contributed by atoms with van der Waals surface area (Å²) in [5, 5.41) is 32.9. The van der Waals surface area contributed by atoms with Crippen LogP contribution in [0.4, 0.5) is 0 Å². The average Bonchev–Trinajstić information content (AvgIpc) is 3.55. The van der Waals surface area contributed by atoms with Crippen LogP contribution in [0.3, 0.4) is 0 Å². The molecule has 10 nitrogen and oxygen atoms in total. The fraction of sp³-hybridized carbons (Fsp3) is 0.700. The minimum atomic E-state index is -2.73. The highest BCUT2D eigenvalue weighted by atomic mass is 28.4. The Bertz CT molecular complexity index is 1290. The molecule has 0 aromatic heterocycles. The number of methoxy groups -OCH3 is 2. The molecule has 2 fully saturated rings. The van der Waals surface area contributed by atoms with Gasteiger partial charge in [0.25, 0.3) is 8.32 Å². The Balaban J connectivity index is 0.000000347. The number of hydrogen-bond donors (Lipinski definition) is 3. The Hall–Kier alpha value is -1.74. The lowest BCUT2D eigenvalue weighted by molar-refractivity contribution is -0.182. The van der Waals surface area contributed by atoms with Gasteiger partial charge in [-0.3, -0.25) is 0 Å². The molecule has 2 aromatic carbocycles. The molecular formula is C40H66O10Si. The molecule has 2 aliphatic rings. The van der Waals surface area contributed by atoms with E-state index in [2.05, 4.69) is 69.3 Å². The number of hydrogen-bond acceptors (Lipinski definition) is 10. The highest BCUT2D eigenvalue weighted by Gasteiger charge is 2.55. The molecule has 0 saturated carbocycles. The Morgan fingerprint density at radius 2 is 1.04 bits per heavy atom. The summed E-state index contributed by atoms with van der Waals surface area (Å²) in [6.07, 6.45) is -1.83. The van der Waals surface area contributed by atoms with Crippen molar-refractivity contribution in [3.05, 3.63) is 60.7 Å². The topological polar surface area (TPSA) is 125 Å². The van der Waals surface area contributed by atoms with Gasteiger partial charge in [-0.05, 0) is 69.8 Å². The molecule has 11 heteroatoms. The molecular weight excluding hydrogens is 669 g/mol. The van der Waals surface area contributed by atoms with Gasteiger partial charge >= 0.3 is 0 Å². The number of aliphatic hydroxyl groups is 3. The average molecular weight is 735 g/mol. The van der Waals surface area contributed by atoms with Crippen LogP contribution in [0.1, 0.15) is 89.0 Å². The summed E-state index contributed by atoms with van der Waals surface area (Å²) in [6, 6.07) is 21.1. The van der Waals surface area contributed by atoms with Crippen molar-refractivity contribution in [1.82, 2.24) is 0 Å². The summed E-state index contributed by atoms with van der Waals surface area (Å²) in [7, 11) is 0.409. The second kappa shape index (κ2) is 17.2. The number of rotatable bonds is 14. The summed E-state index contributed by atoms with van der Waals surface area (Å²) < 4.78 is 42.2. The van der Waals surface area contributed by atoms with E-state index in [-0.39, 0.29) is 17.7 Å². The van der Waals surface area contributed by atoms with Gasteiger partial charge in [-0.25, -0.2) is 0 Å². The van der Waals surface area contributed by atoms with E-state index < -0.39 is 61.6 Å². The second-order valence-electron chi connectivity index (χ2n) is 16.2. The molecule has 2 heterocycles. The highest BCUT2D eigenvalue weighted by molar-refractivity contribution is 6.99. The fourth-order valence-electron chi connectivity index (χ4n) is 7.36. The van der Waals surface area contributed by atoms with E-state index >= 15 is 0 Å². The third-order valence-electron chi connectivity index (χ3n) is 10.3. The van der Waals surface area contributed by atoms with Crippen LogP contribution in [0.25, 0.3) is 0 Å². The number of ether oxygens (including phenoxy) is 6. The molecule has 3 N–H and O–H groups in total. The molecule has 51 heavy (non-hydrogen) atoms. The third-order valence-corrected chi connectivity index (χ3v) is 15.3. The second-order valence-corrected chi connectivity index (χ2v) is 20.5. The largest absolute Gasteiger partial charge is 0.405 e. The predicted molar refractivity (Wildman–Crippen MR) is 202 cm³/mol. The minimum absolute atomic E-state index is 0.143. The van der Waals surface area contributed by atoms with Gasteiger partial charge < -0.3 is 48.2 Å². The van der Waals surface area contributed by atoms with Crippen LogP contribution in [-0.4, -0.2) is 110 Å². The zero-order chi connectivity index (χ0) is 38.5. The van der Waals surface area contributed by atoms with Crippen LogP contribution in [0.2, 0.25) is 5.04 Å². The van der Waals surface area contributed by atoms with Gasteiger partial charge in [-0.15, -0.1) is 0 Å². The number of benzene rings is 2. The molecule has 2 aliphatic heterocycles. The Morgan fingerprint density at radius 1 is 0.667 bits per heavy atom. The van der Waals surface area contributed by atoms with Gasteiger partial charge in [0.1, 0.15) is 36.6 Å². The van der Waals surface area contributed by atoms with Crippen LogP contribution in [0, 0.1) is 0 Å². The van der Waals surface area contributed by atoms with Crippen molar-refractivity contribution in [2.24, 2.45) is 0 Å². The third kappa shape index (κ3) is 10.1. The monoisotopic (exact) mass is 734 g/mol. The molecule has 6 unspecified atom stereocenters. The van der Waals surface area contributed by atoms with Gasteiger partial charge in [0.2, 0.25) is 0 Å². The zero-order valence-electron chi connectivity index (χ0n) is 33.3. The van der Waals surface area contributed by atoms with E-state index in [9.17, 15) is 15.3 Å². The molecule has 0 aliphatic carbocycles. The van der Waals surface area contributed by atoms with Crippen molar-refractivity contribution in [3.8, 4) is 0 Å². The van der Waals surface area contributed by atoms with Crippen molar-refractivity contribution in [1.29, 1.82) is 0 Å². The smallest absolute Gasteiger partial charge is 0.261 e.